The zero-order chi connectivity index (χ0) is 13.3. The van der Waals surface area contributed by atoms with Crippen LogP contribution in [0.2, 0.25) is 0 Å². The van der Waals surface area contributed by atoms with Crippen molar-refractivity contribution in [1.29, 1.82) is 0 Å². The van der Waals surface area contributed by atoms with Crippen LogP contribution in [0.4, 0.5) is 0 Å². The second kappa shape index (κ2) is 4.81. The lowest BCUT2D eigenvalue weighted by molar-refractivity contribution is -0.133. The first-order valence-electron chi connectivity index (χ1n) is 5.26. The first-order valence-corrected chi connectivity index (χ1v) is 6.25. The largest absolute Gasteiger partial charge is 0.481 e. The molecule has 7 nitrogen and oxygen atoms in total. The molecule has 0 aliphatic rings. The van der Waals surface area contributed by atoms with Crippen molar-refractivity contribution >= 4 is 17.7 Å². The number of carboxylic acids is 1. The third kappa shape index (κ3) is 2.37. The van der Waals surface area contributed by atoms with Crippen molar-refractivity contribution in [3.05, 3.63) is 17.6 Å². The Balaban J connectivity index is 2.40. The van der Waals surface area contributed by atoms with Gasteiger partial charge in [0, 0.05) is 13.1 Å². The normalized spacial score (nSPS) is 10.8. The highest BCUT2D eigenvalue weighted by Crippen LogP contribution is 2.21. The van der Waals surface area contributed by atoms with Gasteiger partial charge in [-0.3, -0.25) is 14.0 Å². The molecule has 18 heavy (non-hydrogen) atoms. The number of carbonyl (C=O) groups is 1. The smallest absolute Gasteiger partial charge is 0.313 e. The Morgan fingerprint density at radius 3 is 2.72 bits per heavy atom. The van der Waals surface area contributed by atoms with Crippen molar-refractivity contribution in [2.24, 2.45) is 7.05 Å². The highest BCUT2D eigenvalue weighted by molar-refractivity contribution is 7.99. The molecule has 2 rings (SSSR count). The Morgan fingerprint density at radius 1 is 1.44 bits per heavy atom. The quantitative estimate of drug-likeness (QED) is 0.824. The molecule has 0 saturated carbocycles. The van der Waals surface area contributed by atoms with Gasteiger partial charge in [-0.2, -0.15) is 5.10 Å². The van der Waals surface area contributed by atoms with Gasteiger partial charge in [0.2, 0.25) is 0 Å². The predicted octanol–water partition coefficient (Wildman–Crippen LogP) is 0.794. The number of thioether (sulfide) groups is 1. The summed E-state index contributed by atoms with van der Waals surface area (Å²) in [5, 5.41) is 21.5. The van der Waals surface area contributed by atoms with E-state index in [0.29, 0.717) is 11.0 Å². The molecule has 0 fully saturated rings. The summed E-state index contributed by atoms with van der Waals surface area (Å²) in [4.78, 5) is 10.6. The monoisotopic (exact) mass is 267 g/mol. The Hall–Kier alpha value is -1.83. The topological polar surface area (TPSA) is 85.8 Å². The summed E-state index contributed by atoms with van der Waals surface area (Å²) in [5.74, 6) is 0.594. The third-order valence-electron chi connectivity index (χ3n) is 2.33. The maximum atomic E-state index is 10.6. The van der Waals surface area contributed by atoms with E-state index in [1.807, 2.05) is 27.0 Å². The minimum Gasteiger partial charge on any atom is -0.481 e. The van der Waals surface area contributed by atoms with Crippen LogP contribution in [0.25, 0.3) is 5.82 Å². The zero-order valence-corrected chi connectivity index (χ0v) is 11.1. The maximum Gasteiger partial charge on any atom is 0.313 e. The van der Waals surface area contributed by atoms with E-state index < -0.39 is 5.97 Å². The average Bonchev–Trinajstić information content (AvgIpc) is 2.79. The highest BCUT2D eigenvalue weighted by atomic mass is 32.2. The van der Waals surface area contributed by atoms with E-state index in [0.717, 1.165) is 23.3 Å². The standard InChI is InChI=1S/C10H13N5O2S/c1-6-4-8(14(3)13-6)15-7(2)11-12-10(15)18-5-9(16)17/h4H,5H2,1-3H3,(H,16,17). The molecule has 0 aliphatic carbocycles. The Kier molecular flexibility index (Phi) is 3.37. The molecule has 0 unspecified atom stereocenters. The van der Waals surface area contributed by atoms with Gasteiger partial charge in [-0.15, -0.1) is 10.2 Å². The molecule has 0 spiro atoms. The molecule has 0 atom stereocenters. The molecular formula is C10H13N5O2S. The predicted molar refractivity (Wildman–Crippen MR) is 66.0 cm³/mol. The molecule has 1 N–H and O–H groups in total. The molecule has 0 aliphatic heterocycles. The van der Waals surface area contributed by atoms with Crippen molar-refractivity contribution < 1.29 is 9.90 Å². The van der Waals surface area contributed by atoms with Gasteiger partial charge in [0.15, 0.2) is 5.16 Å². The number of aromatic nitrogens is 5. The van der Waals surface area contributed by atoms with Gasteiger partial charge in [0.25, 0.3) is 0 Å². The summed E-state index contributed by atoms with van der Waals surface area (Å²) in [5.41, 5.74) is 0.884. The average molecular weight is 267 g/mol. The summed E-state index contributed by atoms with van der Waals surface area (Å²) < 4.78 is 3.52. The minimum atomic E-state index is -0.881. The summed E-state index contributed by atoms with van der Waals surface area (Å²) in [6.45, 7) is 3.72. The van der Waals surface area contributed by atoms with Gasteiger partial charge in [-0.25, -0.2) is 0 Å². The fourth-order valence-electron chi connectivity index (χ4n) is 1.63. The minimum absolute atomic E-state index is 0.0467. The first-order chi connectivity index (χ1) is 8.49. The zero-order valence-electron chi connectivity index (χ0n) is 10.3. The van der Waals surface area contributed by atoms with Crippen molar-refractivity contribution in [3.8, 4) is 5.82 Å². The number of aliphatic carboxylic acids is 1. The highest BCUT2D eigenvalue weighted by Gasteiger charge is 2.15. The fourth-order valence-corrected chi connectivity index (χ4v) is 2.34. The van der Waals surface area contributed by atoms with Crippen molar-refractivity contribution in [2.45, 2.75) is 19.0 Å². The fraction of sp³-hybridized carbons (Fsp3) is 0.400. The van der Waals surface area contributed by atoms with Crippen LogP contribution in [0.3, 0.4) is 0 Å². The molecule has 0 radical (unpaired) electrons. The van der Waals surface area contributed by atoms with Crippen molar-refractivity contribution in [3.63, 3.8) is 0 Å². The van der Waals surface area contributed by atoms with Crippen molar-refractivity contribution in [2.75, 3.05) is 5.75 Å². The summed E-state index contributed by atoms with van der Waals surface area (Å²) in [6.07, 6.45) is 0. The van der Waals surface area contributed by atoms with E-state index in [9.17, 15) is 4.79 Å². The Morgan fingerprint density at radius 2 is 2.17 bits per heavy atom. The lowest BCUT2D eigenvalue weighted by Crippen LogP contribution is -2.07. The van der Waals surface area contributed by atoms with Gasteiger partial charge in [-0.05, 0) is 13.8 Å². The molecule has 2 aromatic rings. The maximum absolute atomic E-state index is 10.6. The van der Waals surface area contributed by atoms with Crippen molar-refractivity contribution in [1.82, 2.24) is 24.5 Å². The van der Waals surface area contributed by atoms with E-state index in [-0.39, 0.29) is 5.75 Å². The SMILES string of the molecule is Cc1cc(-n2c(C)nnc2SCC(=O)O)n(C)n1. The van der Waals surface area contributed by atoms with E-state index in [1.165, 1.54) is 0 Å². The van der Waals surface area contributed by atoms with Gasteiger partial charge in [0.1, 0.15) is 11.6 Å². The van der Waals surface area contributed by atoms with E-state index >= 15 is 0 Å². The molecular weight excluding hydrogens is 254 g/mol. The molecule has 0 aromatic carbocycles. The molecule has 2 heterocycles. The van der Waals surface area contributed by atoms with Crippen LogP contribution >= 0.6 is 11.8 Å². The van der Waals surface area contributed by atoms with E-state index in [4.69, 9.17) is 5.11 Å². The number of carboxylic acid groups (broad SMARTS) is 1. The number of nitrogens with zero attached hydrogens (tertiary/aromatic N) is 5. The molecule has 0 saturated heterocycles. The number of aryl methyl sites for hydroxylation is 3. The van der Waals surface area contributed by atoms with Crippen LogP contribution in [0.5, 0.6) is 0 Å². The Bertz CT molecular complexity index is 589. The summed E-state index contributed by atoms with van der Waals surface area (Å²) >= 11 is 1.14. The summed E-state index contributed by atoms with van der Waals surface area (Å²) in [6, 6.07) is 1.90. The Labute approximate surface area is 108 Å². The molecule has 8 heteroatoms. The number of hydrogen-bond donors (Lipinski definition) is 1. The lowest BCUT2D eigenvalue weighted by Gasteiger charge is -2.07. The van der Waals surface area contributed by atoms with E-state index in [2.05, 4.69) is 15.3 Å². The van der Waals surface area contributed by atoms with Crippen LogP contribution in [0.15, 0.2) is 11.2 Å². The summed E-state index contributed by atoms with van der Waals surface area (Å²) in [7, 11) is 1.83. The van der Waals surface area contributed by atoms with Gasteiger partial charge in [0.05, 0.1) is 11.4 Å². The molecule has 2 aromatic heterocycles. The second-order valence-electron chi connectivity index (χ2n) is 3.82. The van der Waals surface area contributed by atoms with Crippen LogP contribution in [-0.4, -0.2) is 41.4 Å². The van der Waals surface area contributed by atoms with Crippen LogP contribution in [0.1, 0.15) is 11.5 Å². The number of hydrogen-bond acceptors (Lipinski definition) is 5. The third-order valence-corrected chi connectivity index (χ3v) is 3.24. The van der Waals surface area contributed by atoms with Crippen LogP contribution in [0, 0.1) is 13.8 Å². The molecule has 0 bridgehead atoms. The lowest BCUT2D eigenvalue weighted by atomic mass is 10.4. The molecule has 0 amide bonds. The van der Waals surface area contributed by atoms with Crippen LogP contribution in [-0.2, 0) is 11.8 Å². The van der Waals surface area contributed by atoms with Gasteiger partial charge in [-0.1, -0.05) is 11.8 Å². The van der Waals surface area contributed by atoms with Gasteiger partial charge < -0.3 is 5.11 Å². The molecule has 96 valence electrons. The van der Waals surface area contributed by atoms with Gasteiger partial charge >= 0.3 is 5.97 Å². The number of rotatable bonds is 4. The first kappa shape index (κ1) is 12.6. The second-order valence-corrected chi connectivity index (χ2v) is 4.76. The van der Waals surface area contributed by atoms with E-state index in [1.54, 1.807) is 9.25 Å². The van der Waals surface area contributed by atoms with Crippen LogP contribution < -0.4 is 0 Å².